The smallest absolute Gasteiger partial charge is 0.0595 e. The molecule has 0 saturated carbocycles. The number of hydrogen-bond acceptors (Lipinski definition) is 3. The quantitative estimate of drug-likeness (QED) is 0.882. The van der Waals surface area contributed by atoms with Gasteiger partial charge in [0.1, 0.15) is 0 Å². The van der Waals surface area contributed by atoms with E-state index in [2.05, 4.69) is 24.0 Å². The minimum absolute atomic E-state index is 0.179. The van der Waals surface area contributed by atoms with Gasteiger partial charge in [-0.2, -0.15) is 0 Å². The Hall–Kier alpha value is -0.900. The summed E-state index contributed by atoms with van der Waals surface area (Å²) in [6, 6.07) is 10.3. The number of rotatable bonds is 5. The molecule has 1 atom stereocenters. The van der Waals surface area contributed by atoms with Crippen molar-refractivity contribution in [2.24, 2.45) is 0 Å². The topological polar surface area (TPSA) is 32.7 Å². The first kappa shape index (κ1) is 14.5. The zero-order chi connectivity index (χ0) is 13.7. The Labute approximate surface area is 116 Å². The fourth-order valence-corrected chi connectivity index (χ4v) is 2.87. The summed E-state index contributed by atoms with van der Waals surface area (Å²) in [6.45, 7) is 5.35. The standard InChI is InChI=1S/C16H25NO2/c1-16(13-18,14-6-4-3-5-7-14)12-17-10-8-15(19-2)9-11-17/h3-7,15,18H,8-13H2,1-2H3. The molecule has 1 aliphatic heterocycles. The number of piperidine rings is 1. The van der Waals surface area contributed by atoms with Gasteiger partial charge in [-0.3, -0.25) is 0 Å². The van der Waals surface area contributed by atoms with Crippen molar-refractivity contribution in [3.63, 3.8) is 0 Å². The van der Waals surface area contributed by atoms with Crippen LogP contribution in [0.15, 0.2) is 30.3 Å². The molecule has 1 heterocycles. The largest absolute Gasteiger partial charge is 0.395 e. The van der Waals surface area contributed by atoms with Crippen LogP contribution in [0.2, 0.25) is 0 Å². The number of likely N-dealkylation sites (tertiary alicyclic amines) is 1. The van der Waals surface area contributed by atoms with Crippen LogP contribution in [-0.2, 0) is 10.2 Å². The van der Waals surface area contributed by atoms with Crippen molar-refractivity contribution in [2.75, 3.05) is 33.4 Å². The summed E-state index contributed by atoms with van der Waals surface area (Å²) in [4.78, 5) is 2.44. The van der Waals surface area contributed by atoms with Gasteiger partial charge in [0.15, 0.2) is 0 Å². The van der Waals surface area contributed by atoms with Gasteiger partial charge < -0.3 is 14.7 Å². The first-order chi connectivity index (χ1) is 9.18. The van der Waals surface area contributed by atoms with Gasteiger partial charge in [0.2, 0.25) is 0 Å². The number of nitrogens with zero attached hydrogens (tertiary/aromatic N) is 1. The lowest BCUT2D eigenvalue weighted by Gasteiger charge is -2.38. The van der Waals surface area contributed by atoms with Crippen LogP contribution in [0.25, 0.3) is 0 Å². The Kier molecular flexibility index (Phi) is 4.97. The molecule has 0 spiro atoms. The molecule has 1 aromatic rings. The normalized spacial score (nSPS) is 21.2. The van der Waals surface area contributed by atoms with Crippen LogP contribution in [0, 0.1) is 0 Å². The minimum Gasteiger partial charge on any atom is -0.395 e. The molecule has 1 aromatic carbocycles. The van der Waals surface area contributed by atoms with E-state index in [1.54, 1.807) is 7.11 Å². The first-order valence-corrected chi connectivity index (χ1v) is 7.09. The van der Waals surface area contributed by atoms with Gasteiger partial charge in [0.05, 0.1) is 12.7 Å². The van der Waals surface area contributed by atoms with Crippen molar-refractivity contribution in [1.82, 2.24) is 4.90 Å². The molecule has 0 amide bonds. The predicted octanol–water partition coefficient (Wildman–Crippen LogP) is 2.05. The van der Waals surface area contributed by atoms with Gasteiger partial charge in [-0.05, 0) is 18.4 Å². The van der Waals surface area contributed by atoms with Crippen LogP contribution < -0.4 is 0 Å². The van der Waals surface area contributed by atoms with E-state index in [-0.39, 0.29) is 12.0 Å². The summed E-state index contributed by atoms with van der Waals surface area (Å²) < 4.78 is 5.40. The Balaban J connectivity index is 2.00. The molecule has 0 radical (unpaired) electrons. The number of methoxy groups -OCH3 is 1. The highest BCUT2D eigenvalue weighted by molar-refractivity contribution is 5.25. The van der Waals surface area contributed by atoms with Crippen LogP contribution in [-0.4, -0.2) is 49.5 Å². The maximum atomic E-state index is 9.82. The van der Waals surface area contributed by atoms with Gasteiger partial charge >= 0.3 is 0 Å². The lowest BCUT2D eigenvalue weighted by Crippen LogP contribution is -2.45. The molecule has 0 bridgehead atoms. The van der Waals surface area contributed by atoms with E-state index in [9.17, 15) is 5.11 Å². The van der Waals surface area contributed by atoms with Gasteiger partial charge in [-0.25, -0.2) is 0 Å². The van der Waals surface area contributed by atoms with E-state index in [0.717, 1.165) is 32.5 Å². The van der Waals surface area contributed by atoms with Crippen LogP contribution >= 0.6 is 0 Å². The molecule has 106 valence electrons. The third kappa shape index (κ3) is 3.56. The number of aliphatic hydroxyl groups excluding tert-OH is 1. The van der Waals surface area contributed by atoms with Crippen molar-refractivity contribution in [3.05, 3.63) is 35.9 Å². The number of hydrogen-bond donors (Lipinski definition) is 1. The van der Waals surface area contributed by atoms with Gasteiger partial charge in [-0.15, -0.1) is 0 Å². The second-order valence-electron chi connectivity index (χ2n) is 5.80. The summed E-state index contributed by atoms with van der Waals surface area (Å²) in [7, 11) is 1.79. The fourth-order valence-electron chi connectivity index (χ4n) is 2.87. The monoisotopic (exact) mass is 263 g/mol. The molecule has 1 unspecified atom stereocenters. The van der Waals surface area contributed by atoms with Crippen molar-refractivity contribution < 1.29 is 9.84 Å². The third-order valence-electron chi connectivity index (χ3n) is 4.26. The van der Waals surface area contributed by atoms with E-state index in [0.29, 0.717) is 6.10 Å². The third-order valence-corrected chi connectivity index (χ3v) is 4.26. The number of benzene rings is 1. The van der Waals surface area contributed by atoms with E-state index in [4.69, 9.17) is 4.74 Å². The van der Waals surface area contributed by atoms with Crippen molar-refractivity contribution in [3.8, 4) is 0 Å². The lowest BCUT2D eigenvalue weighted by molar-refractivity contribution is 0.0302. The second kappa shape index (κ2) is 6.51. The Bertz CT molecular complexity index is 374. The maximum absolute atomic E-state index is 9.82. The Morgan fingerprint density at radius 2 is 1.89 bits per heavy atom. The van der Waals surface area contributed by atoms with Crippen LogP contribution in [0.5, 0.6) is 0 Å². The molecule has 3 nitrogen and oxygen atoms in total. The van der Waals surface area contributed by atoms with Crippen molar-refractivity contribution in [1.29, 1.82) is 0 Å². The zero-order valence-corrected chi connectivity index (χ0v) is 12.0. The molecule has 3 heteroatoms. The van der Waals surface area contributed by atoms with E-state index in [1.807, 2.05) is 18.2 Å². The van der Waals surface area contributed by atoms with Crippen LogP contribution in [0.3, 0.4) is 0 Å². The van der Waals surface area contributed by atoms with E-state index < -0.39 is 0 Å². The summed E-state index contributed by atoms with van der Waals surface area (Å²) in [6.07, 6.45) is 2.59. The SMILES string of the molecule is COC1CCN(CC(C)(CO)c2ccccc2)CC1. The zero-order valence-electron chi connectivity index (χ0n) is 12.0. The number of aliphatic hydroxyl groups is 1. The Morgan fingerprint density at radius 3 is 2.42 bits per heavy atom. The van der Waals surface area contributed by atoms with Gasteiger partial charge in [-0.1, -0.05) is 37.3 Å². The van der Waals surface area contributed by atoms with Crippen LogP contribution in [0.4, 0.5) is 0 Å². The predicted molar refractivity (Wildman–Crippen MR) is 77.4 cm³/mol. The summed E-state index contributed by atoms with van der Waals surface area (Å²) in [5.41, 5.74) is 1.03. The average Bonchev–Trinajstić information content (AvgIpc) is 2.49. The minimum atomic E-state index is -0.179. The highest BCUT2D eigenvalue weighted by atomic mass is 16.5. The van der Waals surface area contributed by atoms with Crippen molar-refractivity contribution >= 4 is 0 Å². The molecule has 0 aliphatic carbocycles. The average molecular weight is 263 g/mol. The second-order valence-corrected chi connectivity index (χ2v) is 5.80. The summed E-state index contributed by atoms with van der Waals surface area (Å²) in [5.74, 6) is 0. The maximum Gasteiger partial charge on any atom is 0.0595 e. The van der Waals surface area contributed by atoms with E-state index >= 15 is 0 Å². The highest BCUT2D eigenvalue weighted by Crippen LogP contribution is 2.26. The molecule has 2 rings (SSSR count). The molecule has 1 N–H and O–H groups in total. The molecule has 1 fully saturated rings. The molecular formula is C16H25NO2. The molecule has 0 aromatic heterocycles. The molecular weight excluding hydrogens is 238 g/mol. The van der Waals surface area contributed by atoms with Gasteiger partial charge in [0, 0.05) is 32.2 Å². The summed E-state index contributed by atoms with van der Waals surface area (Å²) >= 11 is 0. The van der Waals surface area contributed by atoms with Gasteiger partial charge in [0.25, 0.3) is 0 Å². The van der Waals surface area contributed by atoms with E-state index in [1.165, 1.54) is 5.56 Å². The van der Waals surface area contributed by atoms with Crippen molar-refractivity contribution in [2.45, 2.75) is 31.3 Å². The molecule has 19 heavy (non-hydrogen) atoms. The summed E-state index contributed by atoms with van der Waals surface area (Å²) in [5, 5.41) is 9.82. The Morgan fingerprint density at radius 1 is 1.26 bits per heavy atom. The first-order valence-electron chi connectivity index (χ1n) is 7.09. The number of ether oxygens (including phenoxy) is 1. The molecule has 1 saturated heterocycles. The fraction of sp³-hybridized carbons (Fsp3) is 0.625. The highest BCUT2D eigenvalue weighted by Gasteiger charge is 2.30. The molecule has 1 aliphatic rings. The van der Waals surface area contributed by atoms with Crippen LogP contribution in [0.1, 0.15) is 25.3 Å². The lowest BCUT2D eigenvalue weighted by atomic mass is 9.82.